The van der Waals surface area contributed by atoms with E-state index >= 15 is 0 Å². The second-order valence-corrected chi connectivity index (χ2v) is 4.80. The molecule has 19 heavy (non-hydrogen) atoms. The number of hydrogen-bond acceptors (Lipinski definition) is 4. The quantitative estimate of drug-likeness (QED) is 0.782. The van der Waals surface area contributed by atoms with Gasteiger partial charge in [0.05, 0.1) is 12.3 Å². The zero-order valence-corrected chi connectivity index (χ0v) is 12.6. The van der Waals surface area contributed by atoms with E-state index in [0.717, 1.165) is 18.8 Å². The Bertz CT molecular complexity index is 382. The first kappa shape index (κ1) is 15.6. The van der Waals surface area contributed by atoms with Gasteiger partial charge in [0.25, 0.3) is 0 Å². The SMILES string of the molecule is CCCCN(c1ccc(N)c(OCC)n1)C(C)CC. The van der Waals surface area contributed by atoms with Gasteiger partial charge in [-0.15, -0.1) is 0 Å². The molecule has 4 nitrogen and oxygen atoms in total. The molecule has 0 saturated heterocycles. The number of hydrogen-bond donors (Lipinski definition) is 1. The van der Waals surface area contributed by atoms with Crippen molar-refractivity contribution in [3.05, 3.63) is 12.1 Å². The van der Waals surface area contributed by atoms with Crippen molar-refractivity contribution >= 4 is 11.5 Å². The van der Waals surface area contributed by atoms with Crippen LogP contribution in [-0.2, 0) is 0 Å². The van der Waals surface area contributed by atoms with Crippen LogP contribution in [0.4, 0.5) is 11.5 Å². The highest BCUT2D eigenvalue weighted by Crippen LogP contribution is 2.25. The lowest BCUT2D eigenvalue weighted by Gasteiger charge is -2.30. The van der Waals surface area contributed by atoms with Crippen molar-refractivity contribution in [3.63, 3.8) is 0 Å². The number of rotatable bonds is 8. The second kappa shape index (κ2) is 7.87. The Hall–Kier alpha value is -1.45. The number of nitrogens with two attached hydrogens (primary N) is 1. The van der Waals surface area contributed by atoms with Gasteiger partial charge in [-0.05, 0) is 38.8 Å². The zero-order valence-electron chi connectivity index (χ0n) is 12.6. The number of aromatic nitrogens is 1. The summed E-state index contributed by atoms with van der Waals surface area (Å²) < 4.78 is 5.48. The van der Waals surface area contributed by atoms with Crippen molar-refractivity contribution in [1.82, 2.24) is 4.98 Å². The number of pyridine rings is 1. The van der Waals surface area contributed by atoms with Gasteiger partial charge in [-0.1, -0.05) is 20.3 Å². The van der Waals surface area contributed by atoms with Crippen molar-refractivity contribution in [1.29, 1.82) is 0 Å². The first-order chi connectivity index (χ1) is 9.13. The normalized spacial score (nSPS) is 12.2. The van der Waals surface area contributed by atoms with Crippen LogP contribution in [0.3, 0.4) is 0 Å². The monoisotopic (exact) mass is 265 g/mol. The van der Waals surface area contributed by atoms with Gasteiger partial charge < -0.3 is 15.4 Å². The van der Waals surface area contributed by atoms with Crippen LogP contribution >= 0.6 is 0 Å². The van der Waals surface area contributed by atoms with Crippen molar-refractivity contribution in [2.24, 2.45) is 0 Å². The zero-order chi connectivity index (χ0) is 14.3. The molecule has 0 aliphatic carbocycles. The molecular formula is C15H27N3O. The Labute approximate surface area is 117 Å². The maximum absolute atomic E-state index is 5.88. The minimum Gasteiger partial charge on any atom is -0.476 e. The van der Waals surface area contributed by atoms with Gasteiger partial charge in [0, 0.05) is 12.6 Å². The first-order valence-electron chi connectivity index (χ1n) is 7.29. The van der Waals surface area contributed by atoms with Crippen LogP contribution in [0.15, 0.2) is 12.1 Å². The molecule has 1 rings (SSSR count). The van der Waals surface area contributed by atoms with Crippen LogP contribution in [0, 0.1) is 0 Å². The highest BCUT2D eigenvalue weighted by Gasteiger charge is 2.15. The average molecular weight is 265 g/mol. The Morgan fingerprint density at radius 2 is 2.05 bits per heavy atom. The van der Waals surface area contributed by atoms with Gasteiger partial charge in [0.15, 0.2) is 0 Å². The number of nitrogens with zero attached hydrogens (tertiary/aromatic N) is 2. The lowest BCUT2D eigenvalue weighted by molar-refractivity contribution is 0.328. The van der Waals surface area contributed by atoms with E-state index in [2.05, 4.69) is 30.7 Å². The van der Waals surface area contributed by atoms with Gasteiger partial charge in [0.1, 0.15) is 5.82 Å². The van der Waals surface area contributed by atoms with Crippen LogP contribution in [0.5, 0.6) is 5.88 Å². The summed E-state index contributed by atoms with van der Waals surface area (Å²) in [6.45, 7) is 10.2. The van der Waals surface area contributed by atoms with Gasteiger partial charge >= 0.3 is 0 Å². The Kier molecular flexibility index (Phi) is 6.46. The molecule has 1 unspecified atom stereocenters. The molecule has 0 saturated carbocycles. The molecule has 0 aliphatic heterocycles. The summed E-state index contributed by atoms with van der Waals surface area (Å²) in [6.07, 6.45) is 3.44. The molecular weight excluding hydrogens is 238 g/mol. The summed E-state index contributed by atoms with van der Waals surface area (Å²) >= 11 is 0. The fraction of sp³-hybridized carbons (Fsp3) is 0.667. The third-order valence-electron chi connectivity index (χ3n) is 3.33. The highest BCUT2D eigenvalue weighted by molar-refractivity contribution is 5.54. The van der Waals surface area contributed by atoms with E-state index in [9.17, 15) is 0 Å². The molecule has 0 aromatic carbocycles. The fourth-order valence-corrected chi connectivity index (χ4v) is 1.96. The molecule has 1 aromatic rings. The maximum atomic E-state index is 5.88. The summed E-state index contributed by atoms with van der Waals surface area (Å²) in [5.41, 5.74) is 6.48. The topological polar surface area (TPSA) is 51.4 Å². The summed E-state index contributed by atoms with van der Waals surface area (Å²) in [6, 6.07) is 4.34. The Morgan fingerprint density at radius 1 is 1.32 bits per heavy atom. The molecule has 0 fully saturated rings. The van der Waals surface area contributed by atoms with Gasteiger partial charge in [-0.25, -0.2) is 0 Å². The molecule has 2 N–H and O–H groups in total. The average Bonchev–Trinajstić information content (AvgIpc) is 2.42. The van der Waals surface area contributed by atoms with E-state index in [1.165, 1.54) is 12.8 Å². The van der Waals surface area contributed by atoms with E-state index in [-0.39, 0.29) is 0 Å². The van der Waals surface area contributed by atoms with Crippen LogP contribution in [-0.4, -0.2) is 24.2 Å². The largest absolute Gasteiger partial charge is 0.476 e. The first-order valence-corrected chi connectivity index (χ1v) is 7.29. The molecule has 0 amide bonds. The molecule has 1 aromatic heterocycles. The van der Waals surface area contributed by atoms with E-state index in [1.807, 2.05) is 19.1 Å². The molecule has 108 valence electrons. The summed E-state index contributed by atoms with van der Waals surface area (Å²) in [5, 5.41) is 0. The standard InChI is InChI=1S/C15H27N3O/c1-5-8-11-18(12(4)6-2)14-10-9-13(16)15(17-14)19-7-3/h9-10,12H,5-8,11,16H2,1-4H3. The number of unbranched alkanes of at least 4 members (excludes halogenated alkanes) is 1. The molecule has 0 aliphatic rings. The molecule has 0 radical (unpaired) electrons. The molecule has 4 heteroatoms. The lowest BCUT2D eigenvalue weighted by Crippen LogP contribution is -2.34. The van der Waals surface area contributed by atoms with Crippen LogP contribution < -0.4 is 15.4 Å². The molecule has 0 spiro atoms. The van der Waals surface area contributed by atoms with Crippen LogP contribution in [0.2, 0.25) is 0 Å². The van der Waals surface area contributed by atoms with E-state index in [4.69, 9.17) is 10.5 Å². The van der Waals surface area contributed by atoms with E-state index in [1.54, 1.807) is 0 Å². The molecule has 1 atom stereocenters. The van der Waals surface area contributed by atoms with E-state index in [0.29, 0.717) is 24.2 Å². The van der Waals surface area contributed by atoms with Gasteiger partial charge in [-0.3, -0.25) is 0 Å². The maximum Gasteiger partial charge on any atom is 0.239 e. The Balaban J connectivity index is 2.97. The minimum absolute atomic E-state index is 0.470. The Morgan fingerprint density at radius 3 is 2.63 bits per heavy atom. The van der Waals surface area contributed by atoms with Crippen molar-refractivity contribution in [2.45, 2.75) is 53.0 Å². The third-order valence-corrected chi connectivity index (χ3v) is 3.33. The van der Waals surface area contributed by atoms with Gasteiger partial charge in [-0.2, -0.15) is 4.98 Å². The summed E-state index contributed by atoms with van der Waals surface area (Å²) in [4.78, 5) is 6.90. The summed E-state index contributed by atoms with van der Waals surface area (Å²) in [7, 11) is 0. The van der Waals surface area contributed by atoms with Crippen molar-refractivity contribution in [3.8, 4) is 5.88 Å². The van der Waals surface area contributed by atoms with Crippen LogP contribution in [0.25, 0.3) is 0 Å². The van der Waals surface area contributed by atoms with E-state index < -0.39 is 0 Å². The molecule has 1 heterocycles. The third kappa shape index (κ3) is 4.30. The van der Waals surface area contributed by atoms with Crippen molar-refractivity contribution < 1.29 is 4.74 Å². The predicted molar refractivity (Wildman–Crippen MR) is 81.8 cm³/mol. The van der Waals surface area contributed by atoms with Gasteiger partial charge in [0.2, 0.25) is 5.88 Å². The smallest absolute Gasteiger partial charge is 0.239 e. The minimum atomic E-state index is 0.470. The number of anilines is 2. The lowest BCUT2D eigenvalue weighted by atomic mass is 10.2. The number of nitrogen functional groups attached to an aromatic ring is 1. The number of ether oxygens (including phenoxy) is 1. The second-order valence-electron chi connectivity index (χ2n) is 4.80. The molecule has 0 bridgehead atoms. The predicted octanol–water partition coefficient (Wildman–Crippen LogP) is 3.47. The highest BCUT2D eigenvalue weighted by atomic mass is 16.5. The summed E-state index contributed by atoms with van der Waals surface area (Å²) in [5.74, 6) is 1.50. The van der Waals surface area contributed by atoms with Crippen LogP contribution in [0.1, 0.15) is 47.0 Å². The fourth-order valence-electron chi connectivity index (χ4n) is 1.96. The van der Waals surface area contributed by atoms with Crippen molar-refractivity contribution in [2.75, 3.05) is 23.8 Å².